The summed E-state index contributed by atoms with van der Waals surface area (Å²) in [7, 11) is 0. The lowest BCUT2D eigenvalue weighted by atomic mass is 9.87. The second-order valence-electron chi connectivity index (χ2n) is 7.98. The van der Waals surface area contributed by atoms with Gasteiger partial charge in [-0.3, -0.25) is 0 Å². The lowest BCUT2D eigenvalue weighted by Gasteiger charge is -2.26. The predicted molar refractivity (Wildman–Crippen MR) is 92.1 cm³/mol. The molecule has 0 aliphatic heterocycles. The van der Waals surface area contributed by atoms with Crippen LogP contribution in [0.4, 0.5) is 4.79 Å². The Morgan fingerprint density at radius 3 is 2.36 bits per heavy atom. The van der Waals surface area contributed by atoms with Gasteiger partial charge in [0.2, 0.25) is 0 Å². The lowest BCUT2D eigenvalue weighted by molar-refractivity contribution is 0.0519. The summed E-state index contributed by atoms with van der Waals surface area (Å²) in [6.45, 7) is 11.7. The molecule has 4 heteroatoms. The third kappa shape index (κ3) is 8.62. The van der Waals surface area contributed by atoms with Crippen LogP contribution in [-0.4, -0.2) is 30.8 Å². The Morgan fingerprint density at radius 1 is 1.18 bits per heavy atom. The highest BCUT2D eigenvalue weighted by atomic mass is 16.6. The maximum absolute atomic E-state index is 11.7. The molecule has 1 amide bonds. The Hall–Kier alpha value is -0.770. The van der Waals surface area contributed by atoms with E-state index < -0.39 is 5.60 Å². The fraction of sp³-hybridized carbons (Fsp3) is 0.944. The molecular weight excluding hydrogens is 276 g/mol. The van der Waals surface area contributed by atoms with Crippen LogP contribution >= 0.6 is 0 Å². The number of carbonyl (C=O) groups excluding carboxylic acids is 1. The predicted octanol–water partition coefficient (Wildman–Crippen LogP) is 4.10. The van der Waals surface area contributed by atoms with E-state index in [0.717, 1.165) is 12.5 Å². The molecule has 1 rings (SSSR count). The van der Waals surface area contributed by atoms with E-state index in [0.29, 0.717) is 18.5 Å². The van der Waals surface area contributed by atoms with Crippen LogP contribution in [0, 0.1) is 11.8 Å². The Labute approximate surface area is 136 Å². The molecule has 1 atom stereocenters. The molecule has 0 radical (unpaired) electrons. The molecule has 1 aliphatic rings. The third-order valence-corrected chi connectivity index (χ3v) is 4.35. The molecule has 130 valence electrons. The molecule has 2 N–H and O–H groups in total. The van der Waals surface area contributed by atoms with Crippen molar-refractivity contribution in [3.05, 3.63) is 0 Å². The standard InChI is InChI=1S/C18H36N2O2/c1-14(2)16(13-20-17(21)22-18(3,4)5)19-12-11-15-9-7-6-8-10-15/h14-16,19H,6-13H2,1-5H3,(H,20,21). The van der Waals surface area contributed by atoms with Crippen LogP contribution in [0.3, 0.4) is 0 Å². The van der Waals surface area contributed by atoms with Crippen molar-refractivity contribution in [1.29, 1.82) is 0 Å². The summed E-state index contributed by atoms with van der Waals surface area (Å²) in [6.07, 6.45) is 7.94. The second-order valence-corrected chi connectivity index (χ2v) is 7.98. The number of hydrogen-bond acceptors (Lipinski definition) is 3. The number of amides is 1. The van der Waals surface area contributed by atoms with E-state index in [1.807, 2.05) is 20.8 Å². The Balaban J connectivity index is 2.25. The third-order valence-electron chi connectivity index (χ3n) is 4.35. The summed E-state index contributed by atoms with van der Waals surface area (Å²) in [5.74, 6) is 1.38. The molecule has 0 aromatic heterocycles. The zero-order valence-corrected chi connectivity index (χ0v) is 15.2. The minimum atomic E-state index is -0.439. The van der Waals surface area contributed by atoms with Crippen molar-refractivity contribution < 1.29 is 9.53 Å². The lowest BCUT2D eigenvalue weighted by Crippen LogP contribution is -2.45. The van der Waals surface area contributed by atoms with E-state index >= 15 is 0 Å². The van der Waals surface area contributed by atoms with E-state index in [1.54, 1.807) is 0 Å². The summed E-state index contributed by atoms with van der Waals surface area (Å²) in [4.78, 5) is 11.7. The molecular formula is C18H36N2O2. The molecule has 0 heterocycles. The van der Waals surface area contributed by atoms with Crippen LogP contribution in [0.15, 0.2) is 0 Å². The van der Waals surface area contributed by atoms with Gasteiger partial charge in [0.05, 0.1) is 0 Å². The van der Waals surface area contributed by atoms with Crippen molar-refractivity contribution in [1.82, 2.24) is 10.6 Å². The van der Waals surface area contributed by atoms with Gasteiger partial charge in [0.25, 0.3) is 0 Å². The number of hydrogen-bond donors (Lipinski definition) is 2. The quantitative estimate of drug-likeness (QED) is 0.744. The molecule has 1 aliphatic carbocycles. The Morgan fingerprint density at radius 2 is 1.82 bits per heavy atom. The van der Waals surface area contributed by atoms with Crippen LogP contribution in [0.2, 0.25) is 0 Å². The fourth-order valence-corrected chi connectivity index (χ4v) is 3.00. The summed E-state index contributed by atoms with van der Waals surface area (Å²) in [5.41, 5.74) is -0.439. The van der Waals surface area contributed by atoms with Gasteiger partial charge in [-0.2, -0.15) is 0 Å². The van der Waals surface area contributed by atoms with Crippen molar-refractivity contribution >= 4 is 6.09 Å². The molecule has 0 spiro atoms. The van der Waals surface area contributed by atoms with E-state index in [2.05, 4.69) is 24.5 Å². The smallest absolute Gasteiger partial charge is 0.407 e. The first-order valence-corrected chi connectivity index (χ1v) is 8.98. The van der Waals surface area contributed by atoms with Crippen LogP contribution in [-0.2, 0) is 4.74 Å². The minimum absolute atomic E-state index is 0.302. The number of nitrogens with one attached hydrogen (secondary N) is 2. The molecule has 22 heavy (non-hydrogen) atoms. The minimum Gasteiger partial charge on any atom is -0.444 e. The maximum Gasteiger partial charge on any atom is 0.407 e. The van der Waals surface area contributed by atoms with E-state index in [9.17, 15) is 4.79 Å². The van der Waals surface area contributed by atoms with Gasteiger partial charge in [0.1, 0.15) is 5.60 Å². The molecule has 4 nitrogen and oxygen atoms in total. The average molecular weight is 312 g/mol. The van der Waals surface area contributed by atoms with Gasteiger partial charge in [0, 0.05) is 12.6 Å². The first-order chi connectivity index (χ1) is 10.3. The van der Waals surface area contributed by atoms with Crippen molar-refractivity contribution in [2.75, 3.05) is 13.1 Å². The average Bonchev–Trinajstić information content (AvgIpc) is 2.41. The topological polar surface area (TPSA) is 50.4 Å². The highest BCUT2D eigenvalue weighted by Gasteiger charge is 2.19. The first-order valence-electron chi connectivity index (χ1n) is 8.98. The molecule has 1 saturated carbocycles. The van der Waals surface area contributed by atoms with Crippen molar-refractivity contribution in [3.63, 3.8) is 0 Å². The second kappa shape index (κ2) is 9.39. The Bertz CT molecular complexity index is 318. The summed E-state index contributed by atoms with van der Waals surface area (Å²) in [6, 6.07) is 0.302. The number of carbonyl (C=O) groups is 1. The van der Waals surface area contributed by atoms with E-state index in [-0.39, 0.29) is 6.09 Å². The SMILES string of the molecule is CC(C)C(CNC(=O)OC(C)(C)C)NCCC1CCCCC1. The Kier molecular flexibility index (Phi) is 8.23. The van der Waals surface area contributed by atoms with Gasteiger partial charge in [-0.25, -0.2) is 4.79 Å². The van der Waals surface area contributed by atoms with Gasteiger partial charge in [0.15, 0.2) is 0 Å². The van der Waals surface area contributed by atoms with Gasteiger partial charge >= 0.3 is 6.09 Å². The molecule has 0 bridgehead atoms. The zero-order valence-electron chi connectivity index (χ0n) is 15.2. The molecule has 1 fully saturated rings. The van der Waals surface area contributed by atoms with E-state index in [1.165, 1.54) is 38.5 Å². The van der Waals surface area contributed by atoms with Crippen LogP contribution < -0.4 is 10.6 Å². The van der Waals surface area contributed by atoms with Crippen LogP contribution in [0.25, 0.3) is 0 Å². The number of ether oxygens (including phenoxy) is 1. The highest BCUT2D eigenvalue weighted by molar-refractivity contribution is 5.67. The highest BCUT2D eigenvalue weighted by Crippen LogP contribution is 2.25. The molecule has 1 unspecified atom stereocenters. The van der Waals surface area contributed by atoms with Crippen LogP contribution in [0.1, 0.15) is 73.1 Å². The normalized spacial score (nSPS) is 18.3. The molecule has 0 aromatic rings. The number of alkyl carbamates (subject to hydrolysis) is 1. The van der Waals surface area contributed by atoms with E-state index in [4.69, 9.17) is 4.74 Å². The van der Waals surface area contributed by atoms with Gasteiger partial charge in [-0.05, 0) is 45.6 Å². The maximum atomic E-state index is 11.7. The van der Waals surface area contributed by atoms with Gasteiger partial charge in [-0.1, -0.05) is 46.0 Å². The summed E-state index contributed by atoms with van der Waals surface area (Å²) in [5, 5.41) is 6.50. The molecule has 0 aromatic carbocycles. The van der Waals surface area contributed by atoms with Crippen LogP contribution in [0.5, 0.6) is 0 Å². The summed E-state index contributed by atoms with van der Waals surface area (Å²) >= 11 is 0. The largest absolute Gasteiger partial charge is 0.444 e. The van der Waals surface area contributed by atoms with Crippen molar-refractivity contribution in [3.8, 4) is 0 Å². The monoisotopic (exact) mass is 312 g/mol. The fourth-order valence-electron chi connectivity index (χ4n) is 3.00. The van der Waals surface area contributed by atoms with Crippen molar-refractivity contribution in [2.24, 2.45) is 11.8 Å². The zero-order chi connectivity index (χ0) is 16.6. The number of rotatable bonds is 7. The summed E-state index contributed by atoms with van der Waals surface area (Å²) < 4.78 is 5.29. The van der Waals surface area contributed by atoms with Gasteiger partial charge < -0.3 is 15.4 Å². The molecule has 0 saturated heterocycles. The van der Waals surface area contributed by atoms with Crippen molar-refractivity contribution in [2.45, 2.75) is 84.8 Å². The van der Waals surface area contributed by atoms with Gasteiger partial charge in [-0.15, -0.1) is 0 Å². The first kappa shape index (κ1) is 19.3.